The molecular formula is C14H19N3O2. The number of nitrogens with zero attached hydrogens (tertiary/aromatic N) is 2. The van der Waals surface area contributed by atoms with Gasteiger partial charge in [-0.2, -0.15) is 0 Å². The van der Waals surface area contributed by atoms with Crippen molar-refractivity contribution in [2.75, 3.05) is 5.32 Å². The van der Waals surface area contributed by atoms with E-state index in [1.807, 2.05) is 50.4 Å². The van der Waals surface area contributed by atoms with Crippen LogP contribution in [0.1, 0.15) is 32.2 Å². The number of carbonyl (C=O) groups is 1. The molecule has 102 valence electrons. The molecule has 0 aromatic carbocycles. The number of carbonyl (C=O) groups excluding carboxylic acids is 1. The van der Waals surface area contributed by atoms with Gasteiger partial charge in [-0.3, -0.25) is 4.79 Å². The van der Waals surface area contributed by atoms with Gasteiger partial charge in [0.1, 0.15) is 0 Å². The summed E-state index contributed by atoms with van der Waals surface area (Å²) in [6.07, 6.45) is 1.86. The number of anilines is 1. The number of aliphatic hydroxyl groups excluding tert-OH is 1. The Morgan fingerprint density at radius 1 is 1.47 bits per heavy atom. The molecule has 1 amide bonds. The second-order valence-corrected chi connectivity index (χ2v) is 5.62. The van der Waals surface area contributed by atoms with Crippen molar-refractivity contribution in [3.05, 3.63) is 29.7 Å². The summed E-state index contributed by atoms with van der Waals surface area (Å²) in [6, 6.07) is 3.66. The van der Waals surface area contributed by atoms with Gasteiger partial charge in [0.15, 0.2) is 5.65 Å². The quantitative estimate of drug-likeness (QED) is 0.870. The maximum atomic E-state index is 12.0. The first-order valence-corrected chi connectivity index (χ1v) is 6.23. The fraction of sp³-hybridized carbons (Fsp3) is 0.429. The van der Waals surface area contributed by atoms with Crippen molar-refractivity contribution in [1.29, 1.82) is 0 Å². The summed E-state index contributed by atoms with van der Waals surface area (Å²) in [5, 5.41) is 12.1. The summed E-state index contributed by atoms with van der Waals surface area (Å²) >= 11 is 0. The number of fused-ring (bicyclic) bond motifs is 1. The molecule has 2 heterocycles. The van der Waals surface area contributed by atoms with Gasteiger partial charge in [0, 0.05) is 17.3 Å². The minimum absolute atomic E-state index is 0.0631. The monoisotopic (exact) mass is 261 g/mol. The van der Waals surface area contributed by atoms with Crippen LogP contribution in [0.2, 0.25) is 0 Å². The highest BCUT2D eigenvalue weighted by molar-refractivity contribution is 5.97. The molecule has 0 aliphatic heterocycles. The summed E-state index contributed by atoms with van der Waals surface area (Å²) in [4.78, 5) is 16.4. The van der Waals surface area contributed by atoms with Crippen LogP contribution in [0, 0.1) is 12.3 Å². The van der Waals surface area contributed by atoms with Gasteiger partial charge in [0.25, 0.3) is 0 Å². The molecule has 2 rings (SSSR count). The van der Waals surface area contributed by atoms with Gasteiger partial charge in [-0.1, -0.05) is 20.8 Å². The fourth-order valence-electron chi connectivity index (χ4n) is 1.79. The van der Waals surface area contributed by atoms with Crippen LogP contribution in [-0.2, 0) is 11.4 Å². The number of pyridine rings is 1. The molecule has 0 saturated heterocycles. The predicted molar refractivity (Wildman–Crippen MR) is 73.9 cm³/mol. The molecule has 0 saturated carbocycles. The minimum Gasteiger partial charge on any atom is -0.390 e. The molecule has 0 aliphatic carbocycles. The summed E-state index contributed by atoms with van der Waals surface area (Å²) in [5.41, 5.74) is 2.35. The fourth-order valence-corrected chi connectivity index (χ4v) is 1.79. The van der Waals surface area contributed by atoms with Crippen molar-refractivity contribution in [2.45, 2.75) is 34.3 Å². The number of hydrogen-bond donors (Lipinski definition) is 2. The summed E-state index contributed by atoms with van der Waals surface area (Å²) < 4.78 is 1.86. The molecule has 19 heavy (non-hydrogen) atoms. The summed E-state index contributed by atoms with van der Waals surface area (Å²) in [5.74, 6) is -0.0631. The van der Waals surface area contributed by atoms with Gasteiger partial charge in [0.2, 0.25) is 5.91 Å². The van der Waals surface area contributed by atoms with Crippen molar-refractivity contribution < 1.29 is 9.90 Å². The lowest BCUT2D eigenvalue weighted by Gasteiger charge is -2.17. The van der Waals surface area contributed by atoms with E-state index < -0.39 is 5.41 Å². The van der Waals surface area contributed by atoms with E-state index in [2.05, 4.69) is 10.3 Å². The average Bonchev–Trinajstić information content (AvgIpc) is 2.66. The number of amides is 1. The molecule has 2 aromatic rings. The van der Waals surface area contributed by atoms with E-state index in [1.165, 1.54) is 0 Å². The van der Waals surface area contributed by atoms with Crippen LogP contribution in [-0.4, -0.2) is 20.4 Å². The van der Waals surface area contributed by atoms with Crippen LogP contribution in [0.15, 0.2) is 18.3 Å². The SMILES string of the molecule is Cc1c(CO)nc2c(NC(=O)C(C)(C)C)cccn12. The van der Waals surface area contributed by atoms with Gasteiger partial charge in [-0.15, -0.1) is 0 Å². The summed E-state index contributed by atoms with van der Waals surface area (Å²) in [7, 11) is 0. The number of imidazole rings is 1. The van der Waals surface area contributed by atoms with Crippen molar-refractivity contribution in [2.24, 2.45) is 5.41 Å². The van der Waals surface area contributed by atoms with Gasteiger partial charge in [0.05, 0.1) is 18.0 Å². The average molecular weight is 261 g/mol. The third kappa shape index (κ3) is 2.46. The van der Waals surface area contributed by atoms with Crippen molar-refractivity contribution in [1.82, 2.24) is 9.38 Å². The molecule has 2 N–H and O–H groups in total. The molecule has 2 aromatic heterocycles. The molecule has 5 heteroatoms. The van der Waals surface area contributed by atoms with Crippen LogP contribution in [0.3, 0.4) is 0 Å². The third-order valence-electron chi connectivity index (χ3n) is 3.07. The third-order valence-corrected chi connectivity index (χ3v) is 3.07. The first kappa shape index (κ1) is 13.5. The van der Waals surface area contributed by atoms with Crippen molar-refractivity contribution in [3.8, 4) is 0 Å². The minimum atomic E-state index is -0.464. The highest BCUT2D eigenvalue weighted by Crippen LogP contribution is 2.22. The molecule has 5 nitrogen and oxygen atoms in total. The maximum absolute atomic E-state index is 12.0. The molecule has 0 bridgehead atoms. The molecular weight excluding hydrogens is 242 g/mol. The van der Waals surface area contributed by atoms with Gasteiger partial charge >= 0.3 is 0 Å². The van der Waals surface area contributed by atoms with Crippen LogP contribution >= 0.6 is 0 Å². The molecule has 0 unspecified atom stereocenters. The van der Waals surface area contributed by atoms with E-state index in [0.29, 0.717) is 17.0 Å². The Hall–Kier alpha value is -1.88. The Labute approximate surface area is 112 Å². The second-order valence-electron chi connectivity index (χ2n) is 5.62. The van der Waals surface area contributed by atoms with Crippen LogP contribution in [0.4, 0.5) is 5.69 Å². The molecule has 0 radical (unpaired) electrons. The maximum Gasteiger partial charge on any atom is 0.229 e. The lowest BCUT2D eigenvalue weighted by atomic mass is 9.95. The lowest BCUT2D eigenvalue weighted by molar-refractivity contribution is -0.123. The topological polar surface area (TPSA) is 66.6 Å². The smallest absolute Gasteiger partial charge is 0.229 e. The Kier molecular flexibility index (Phi) is 3.32. The molecule has 0 aliphatic rings. The molecule has 0 fully saturated rings. The predicted octanol–water partition coefficient (Wildman–Crippen LogP) is 2.12. The molecule has 0 atom stereocenters. The number of hydrogen-bond acceptors (Lipinski definition) is 3. The van der Waals surface area contributed by atoms with E-state index >= 15 is 0 Å². The Bertz CT molecular complexity index is 623. The highest BCUT2D eigenvalue weighted by atomic mass is 16.3. The van der Waals surface area contributed by atoms with E-state index in [1.54, 1.807) is 0 Å². The Morgan fingerprint density at radius 3 is 2.74 bits per heavy atom. The van der Waals surface area contributed by atoms with E-state index in [9.17, 15) is 9.90 Å². The van der Waals surface area contributed by atoms with Crippen LogP contribution in [0.25, 0.3) is 5.65 Å². The second kappa shape index (κ2) is 4.66. The largest absolute Gasteiger partial charge is 0.390 e. The molecule has 0 spiro atoms. The standard InChI is InChI=1S/C14H19N3O2/c1-9-11(8-18)15-12-10(6-5-7-17(9)12)16-13(19)14(2,3)4/h5-7,18H,8H2,1-4H3,(H,16,19). The lowest BCUT2D eigenvalue weighted by Crippen LogP contribution is -2.27. The van der Waals surface area contributed by atoms with Gasteiger partial charge < -0.3 is 14.8 Å². The number of nitrogens with one attached hydrogen (secondary N) is 1. The Morgan fingerprint density at radius 2 is 2.16 bits per heavy atom. The normalized spacial score (nSPS) is 11.8. The first-order valence-electron chi connectivity index (χ1n) is 6.23. The van der Waals surface area contributed by atoms with Gasteiger partial charge in [-0.25, -0.2) is 4.98 Å². The number of aliphatic hydroxyl groups is 1. The summed E-state index contributed by atoms with van der Waals surface area (Å²) in [6.45, 7) is 7.36. The van der Waals surface area contributed by atoms with Gasteiger partial charge in [-0.05, 0) is 19.1 Å². The zero-order valence-corrected chi connectivity index (χ0v) is 11.7. The van der Waals surface area contributed by atoms with Crippen molar-refractivity contribution >= 4 is 17.2 Å². The van der Waals surface area contributed by atoms with Crippen molar-refractivity contribution in [3.63, 3.8) is 0 Å². The van der Waals surface area contributed by atoms with E-state index in [0.717, 1.165) is 5.69 Å². The highest BCUT2D eigenvalue weighted by Gasteiger charge is 2.22. The number of aryl methyl sites for hydroxylation is 1. The first-order chi connectivity index (χ1) is 8.84. The number of aromatic nitrogens is 2. The Balaban J connectivity index is 2.47. The van der Waals surface area contributed by atoms with Crippen LogP contribution in [0.5, 0.6) is 0 Å². The number of rotatable bonds is 2. The zero-order chi connectivity index (χ0) is 14.2. The van der Waals surface area contributed by atoms with Crippen LogP contribution < -0.4 is 5.32 Å². The zero-order valence-electron chi connectivity index (χ0n) is 11.7. The van der Waals surface area contributed by atoms with E-state index in [-0.39, 0.29) is 12.5 Å². The van der Waals surface area contributed by atoms with E-state index in [4.69, 9.17) is 0 Å².